The molecule has 0 radical (unpaired) electrons. The maximum absolute atomic E-state index is 5.85. The summed E-state index contributed by atoms with van der Waals surface area (Å²) >= 11 is 0. The van der Waals surface area contributed by atoms with E-state index in [-0.39, 0.29) is 12.2 Å². The molecule has 0 aromatic heterocycles. The van der Waals surface area contributed by atoms with Gasteiger partial charge >= 0.3 is 0 Å². The van der Waals surface area contributed by atoms with Crippen molar-refractivity contribution in [2.24, 2.45) is 0 Å². The van der Waals surface area contributed by atoms with E-state index in [0.717, 1.165) is 25.7 Å². The smallest absolute Gasteiger partial charge is 0.0735 e. The van der Waals surface area contributed by atoms with Crippen molar-refractivity contribution in [3.05, 3.63) is 49.6 Å². The van der Waals surface area contributed by atoms with Gasteiger partial charge in [-0.25, -0.2) is 0 Å². The standard InChI is InChI=1S/C18H30O/c1-5-7-9-11-13-15-17(3)19-18(4)16-14-12-10-8-6-2/h5-6,13-18H,1-2,7-12H2,3-4H3. The number of hydrogen-bond donors (Lipinski definition) is 0. The molecular formula is C18H30O. The van der Waals surface area contributed by atoms with Crippen LogP contribution in [0.1, 0.15) is 52.4 Å². The Morgan fingerprint density at radius 3 is 1.58 bits per heavy atom. The topological polar surface area (TPSA) is 9.23 Å². The molecule has 2 atom stereocenters. The lowest BCUT2D eigenvalue weighted by molar-refractivity contribution is 0.0628. The average molecular weight is 262 g/mol. The van der Waals surface area contributed by atoms with E-state index >= 15 is 0 Å². The van der Waals surface area contributed by atoms with Crippen LogP contribution in [-0.4, -0.2) is 12.2 Å². The first kappa shape index (κ1) is 17.9. The quantitative estimate of drug-likeness (QED) is 0.328. The molecule has 1 nitrogen and oxygen atoms in total. The minimum atomic E-state index is 0.177. The monoisotopic (exact) mass is 262 g/mol. The largest absolute Gasteiger partial charge is 0.367 e. The first-order valence-electron chi connectivity index (χ1n) is 7.41. The maximum atomic E-state index is 5.85. The lowest BCUT2D eigenvalue weighted by Gasteiger charge is -2.13. The number of unbranched alkanes of at least 4 members (excludes halogenated alkanes) is 4. The van der Waals surface area contributed by atoms with Crippen LogP contribution in [0.25, 0.3) is 0 Å². The van der Waals surface area contributed by atoms with Crippen molar-refractivity contribution in [1.29, 1.82) is 0 Å². The van der Waals surface area contributed by atoms with Gasteiger partial charge in [-0.2, -0.15) is 0 Å². The zero-order valence-corrected chi connectivity index (χ0v) is 12.7. The fourth-order valence-corrected chi connectivity index (χ4v) is 1.77. The van der Waals surface area contributed by atoms with E-state index in [1.165, 1.54) is 12.8 Å². The van der Waals surface area contributed by atoms with E-state index in [0.29, 0.717) is 0 Å². The molecule has 0 aromatic rings. The average Bonchev–Trinajstić information content (AvgIpc) is 2.38. The molecular weight excluding hydrogens is 232 g/mol. The molecule has 19 heavy (non-hydrogen) atoms. The van der Waals surface area contributed by atoms with Gasteiger partial charge in [-0.3, -0.25) is 0 Å². The van der Waals surface area contributed by atoms with Gasteiger partial charge in [-0.05, 0) is 52.4 Å². The zero-order chi connectivity index (χ0) is 14.3. The van der Waals surface area contributed by atoms with Crippen LogP contribution >= 0.6 is 0 Å². The van der Waals surface area contributed by atoms with Crippen LogP contribution < -0.4 is 0 Å². The lowest BCUT2D eigenvalue weighted by atomic mass is 10.2. The van der Waals surface area contributed by atoms with E-state index < -0.39 is 0 Å². The minimum absolute atomic E-state index is 0.177. The second-order valence-electron chi connectivity index (χ2n) is 4.84. The van der Waals surface area contributed by atoms with Crippen LogP contribution in [0.5, 0.6) is 0 Å². The fourth-order valence-electron chi connectivity index (χ4n) is 1.77. The molecule has 2 unspecified atom stereocenters. The molecule has 0 amide bonds. The molecule has 0 aromatic carbocycles. The third-order valence-electron chi connectivity index (χ3n) is 2.80. The summed E-state index contributed by atoms with van der Waals surface area (Å²) in [5.74, 6) is 0. The molecule has 0 spiro atoms. The molecule has 0 aliphatic rings. The van der Waals surface area contributed by atoms with Gasteiger partial charge in [-0.1, -0.05) is 36.5 Å². The number of allylic oxidation sites excluding steroid dienone is 4. The van der Waals surface area contributed by atoms with Gasteiger partial charge in [0.1, 0.15) is 0 Å². The van der Waals surface area contributed by atoms with E-state index in [9.17, 15) is 0 Å². The molecule has 0 heterocycles. The minimum Gasteiger partial charge on any atom is -0.367 e. The van der Waals surface area contributed by atoms with Crippen molar-refractivity contribution in [3.8, 4) is 0 Å². The second kappa shape index (κ2) is 13.4. The third-order valence-corrected chi connectivity index (χ3v) is 2.80. The summed E-state index contributed by atoms with van der Waals surface area (Å²) in [5.41, 5.74) is 0. The molecule has 0 fully saturated rings. The van der Waals surface area contributed by atoms with Crippen molar-refractivity contribution in [2.45, 2.75) is 64.6 Å². The summed E-state index contributed by atoms with van der Waals surface area (Å²) in [5, 5.41) is 0. The van der Waals surface area contributed by atoms with Gasteiger partial charge in [-0.15, -0.1) is 13.2 Å². The number of hydrogen-bond acceptors (Lipinski definition) is 1. The summed E-state index contributed by atoms with van der Waals surface area (Å²) < 4.78 is 5.85. The van der Waals surface area contributed by atoms with Crippen LogP contribution in [0.3, 0.4) is 0 Å². The second-order valence-corrected chi connectivity index (χ2v) is 4.84. The van der Waals surface area contributed by atoms with Crippen molar-refractivity contribution in [2.75, 3.05) is 0 Å². The summed E-state index contributed by atoms with van der Waals surface area (Å²) in [6.07, 6.45) is 19.7. The van der Waals surface area contributed by atoms with Crippen molar-refractivity contribution >= 4 is 0 Å². The molecule has 0 N–H and O–H groups in total. The van der Waals surface area contributed by atoms with Gasteiger partial charge in [0, 0.05) is 0 Å². The Morgan fingerprint density at radius 1 is 0.789 bits per heavy atom. The molecule has 1 heteroatoms. The van der Waals surface area contributed by atoms with Crippen LogP contribution in [-0.2, 0) is 4.74 Å². The van der Waals surface area contributed by atoms with Gasteiger partial charge in [0.25, 0.3) is 0 Å². The Morgan fingerprint density at radius 2 is 1.21 bits per heavy atom. The molecule has 0 saturated carbocycles. The summed E-state index contributed by atoms with van der Waals surface area (Å²) in [7, 11) is 0. The van der Waals surface area contributed by atoms with Crippen molar-refractivity contribution in [3.63, 3.8) is 0 Å². The van der Waals surface area contributed by atoms with Gasteiger partial charge < -0.3 is 4.74 Å². The van der Waals surface area contributed by atoms with Crippen LogP contribution in [0.15, 0.2) is 49.6 Å². The first-order chi connectivity index (χ1) is 9.20. The highest BCUT2D eigenvalue weighted by Gasteiger charge is 2.01. The Balaban J connectivity index is 3.69. The molecule has 0 aliphatic heterocycles. The molecule has 108 valence electrons. The third kappa shape index (κ3) is 13.2. The lowest BCUT2D eigenvalue weighted by Crippen LogP contribution is -2.12. The Kier molecular flexibility index (Phi) is 12.6. The van der Waals surface area contributed by atoms with Crippen molar-refractivity contribution in [1.82, 2.24) is 0 Å². The van der Waals surface area contributed by atoms with Gasteiger partial charge in [0.2, 0.25) is 0 Å². The number of ether oxygens (including phenoxy) is 1. The Hall–Kier alpha value is -1.08. The molecule has 0 saturated heterocycles. The Labute approximate surface area is 119 Å². The van der Waals surface area contributed by atoms with Crippen molar-refractivity contribution < 1.29 is 4.74 Å². The highest BCUT2D eigenvalue weighted by atomic mass is 16.5. The fraction of sp³-hybridized carbons (Fsp3) is 0.556. The first-order valence-corrected chi connectivity index (χ1v) is 7.41. The van der Waals surface area contributed by atoms with Gasteiger partial charge in [0.05, 0.1) is 12.2 Å². The molecule has 0 aliphatic carbocycles. The van der Waals surface area contributed by atoms with E-state index in [1.807, 2.05) is 12.2 Å². The predicted octanol–water partition coefficient (Wildman–Crippen LogP) is 5.61. The van der Waals surface area contributed by atoms with Crippen LogP contribution in [0.2, 0.25) is 0 Å². The van der Waals surface area contributed by atoms with E-state index in [2.05, 4.69) is 51.3 Å². The van der Waals surface area contributed by atoms with Crippen LogP contribution in [0, 0.1) is 0 Å². The van der Waals surface area contributed by atoms with Crippen LogP contribution in [0.4, 0.5) is 0 Å². The van der Waals surface area contributed by atoms with Gasteiger partial charge in [0.15, 0.2) is 0 Å². The SMILES string of the molecule is C=CCCCC=CC(C)OC(C)C=CCCCC=C. The van der Waals surface area contributed by atoms with E-state index in [1.54, 1.807) is 0 Å². The highest BCUT2D eigenvalue weighted by Crippen LogP contribution is 2.05. The summed E-state index contributed by atoms with van der Waals surface area (Å²) in [6, 6.07) is 0. The Bertz CT molecular complexity index is 247. The van der Waals surface area contributed by atoms with E-state index in [4.69, 9.17) is 4.74 Å². The summed E-state index contributed by atoms with van der Waals surface area (Å²) in [4.78, 5) is 0. The maximum Gasteiger partial charge on any atom is 0.0735 e. The predicted molar refractivity (Wildman–Crippen MR) is 86.4 cm³/mol. The summed E-state index contributed by atoms with van der Waals surface area (Å²) in [6.45, 7) is 11.6. The normalized spacial score (nSPS) is 14.8. The number of rotatable bonds is 12. The molecule has 0 rings (SSSR count). The zero-order valence-electron chi connectivity index (χ0n) is 12.7. The highest BCUT2D eigenvalue weighted by molar-refractivity contribution is 4.92. The molecule has 0 bridgehead atoms.